The van der Waals surface area contributed by atoms with Crippen LogP contribution >= 0.6 is 0 Å². The molecule has 1 N–H and O–H groups in total. The van der Waals surface area contributed by atoms with Gasteiger partial charge in [-0.25, -0.2) is 4.98 Å². The molecule has 1 aromatic carbocycles. The lowest BCUT2D eigenvalue weighted by Crippen LogP contribution is -2.23. The zero-order valence-electron chi connectivity index (χ0n) is 17.9. The normalized spacial score (nSPS) is 11.4. The summed E-state index contributed by atoms with van der Waals surface area (Å²) in [5, 5.41) is 4.71. The second kappa shape index (κ2) is 9.09. The van der Waals surface area contributed by atoms with Gasteiger partial charge in [-0.2, -0.15) is 4.98 Å². The van der Waals surface area contributed by atoms with Gasteiger partial charge in [-0.1, -0.05) is 33.3 Å². The van der Waals surface area contributed by atoms with Crippen molar-refractivity contribution in [3.05, 3.63) is 42.2 Å². The Hall–Kier alpha value is -2.56. The molecule has 2 heterocycles. The summed E-state index contributed by atoms with van der Waals surface area (Å²) in [6, 6.07) is 10.8. The van der Waals surface area contributed by atoms with Gasteiger partial charge in [-0.05, 0) is 49.8 Å². The lowest BCUT2D eigenvalue weighted by atomic mass is 10.2. The third-order valence-corrected chi connectivity index (χ3v) is 4.95. The Balaban J connectivity index is 1.93. The maximum absolute atomic E-state index is 4.79. The quantitative estimate of drug-likeness (QED) is 0.523. The van der Waals surface area contributed by atoms with Crippen molar-refractivity contribution in [3.63, 3.8) is 0 Å². The van der Waals surface area contributed by atoms with Crippen LogP contribution in [0.25, 0.3) is 10.9 Å². The first-order valence-corrected chi connectivity index (χ1v) is 10.5. The Labute approximate surface area is 168 Å². The van der Waals surface area contributed by atoms with Gasteiger partial charge < -0.3 is 14.8 Å². The third-order valence-electron chi connectivity index (χ3n) is 4.95. The largest absolute Gasteiger partial charge is 0.357 e. The number of hydrogen-bond acceptors (Lipinski definition) is 4. The first-order chi connectivity index (χ1) is 13.5. The summed E-state index contributed by atoms with van der Waals surface area (Å²) in [5.41, 5.74) is 3.36. The van der Waals surface area contributed by atoms with Crippen LogP contribution in [0.3, 0.4) is 0 Å². The standard InChI is InChI=1S/C23H33N5/c1-6-9-19-15-22(27(7-2)8-3)26-23(24-19)25-20-11-10-18-12-13-28(16-17(4)5)21(18)14-20/h10-15,17H,6-9,16H2,1-5H3,(H,24,25,26). The van der Waals surface area contributed by atoms with Crippen molar-refractivity contribution < 1.29 is 0 Å². The lowest BCUT2D eigenvalue weighted by Gasteiger charge is -2.21. The predicted molar refractivity (Wildman–Crippen MR) is 120 cm³/mol. The van der Waals surface area contributed by atoms with Crippen LogP contribution in [-0.2, 0) is 13.0 Å². The zero-order valence-corrected chi connectivity index (χ0v) is 17.9. The van der Waals surface area contributed by atoms with E-state index in [9.17, 15) is 0 Å². The molecule has 3 aromatic rings. The summed E-state index contributed by atoms with van der Waals surface area (Å²) in [7, 11) is 0. The van der Waals surface area contributed by atoms with E-state index in [0.29, 0.717) is 11.9 Å². The molecule has 150 valence electrons. The number of nitrogens with zero attached hydrogens (tertiary/aromatic N) is 4. The molecule has 5 heteroatoms. The van der Waals surface area contributed by atoms with Crippen molar-refractivity contribution in [2.24, 2.45) is 5.92 Å². The first kappa shape index (κ1) is 20.2. The van der Waals surface area contributed by atoms with Crippen LogP contribution in [0.15, 0.2) is 36.5 Å². The lowest BCUT2D eigenvalue weighted by molar-refractivity contribution is 0.535. The highest BCUT2D eigenvalue weighted by atomic mass is 15.2. The van der Waals surface area contributed by atoms with Crippen LogP contribution in [0, 0.1) is 5.92 Å². The fourth-order valence-electron chi connectivity index (χ4n) is 3.58. The van der Waals surface area contributed by atoms with Gasteiger partial charge in [0.05, 0.1) is 5.52 Å². The second-order valence-corrected chi connectivity index (χ2v) is 7.72. The van der Waals surface area contributed by atoms with E-state index < -0.39 is 0 Å². The molecular formula is C23H33N5. The average molecular weight is 380 g/mol. The van der Waals surface area contributed by atoms with Crippen LogP contribution in [0.4, 0.5) is 17.5 Å². The van der Waals surface area contributed by atoms with E-state index in [2.05, 4.69) is 85.9 Å². The zero-order chi connectivity index (χ0) is 20.1. The molecule has 0 amide bonds. The molecule has 0 fully saturated rings. The smallest absolute Gasteiger partial charge is 0.229 e. The Morgan fingerprint density at radius 2 is 1.82 bits per heavy atom. The number of aryl methyl sites for hydroxylation is 1. The molecule has 0 spiro atoms. The fourth-order valence-corrected chi connectivity index (χ4v) is 3.58. The molecule has 0 saturated heterocycles. The first-order valence-electron chi connectivity index (χ1n) is 10.5. The van der Waals surface area contributed by atoms with E-state index in [1.165, 1.54) is 10.9 Å². The molecule has 0 radical (unpaired) electrons. The van der Waals surface area contributed by atoms with Crippen LogP contribution in [0.1, 0.15) is 46.7 Å². The number of rotatable bonds is 9. The monoisotopic (exact) mass is 379 g/mol. The Morgan fingerprint density at radius 3 is 2.50 bits per heavy atom. The number of benzene rings is 1. The minimum atomic E-state index is 0.609. The van der Waals surface area contributed by atoms with Crippen LogP contribution < -0.4 is 10.2 Å². The summed E-state index contributed by atoms with van der Waals surface area (Å²) >= 11 is 0. The maximum Gasteiger partial charge on any atom is 0.229 e. The minimum absolute atomic E-state index is 0.609. The topological polar surface area (TPSA) is 46.0 Å². The van der Waals surface area contributed by atoms with Gasteiger partial charge in [-0.15, -0.1) is 0 Å². The van der Waals surface area contributed by atoms with Gasteiger partial charge in [0.1, 0.15) is 5.82 Å². The van der Waals surface area contributed by atoms with E-state index >= 15 is 0 Å². The van der Waals surface area contributed by atoms with E-state index in [0.717, 1.165) is 49.7 Å². The van der Waals surface area contributed by atoms with E-state index in [1.54, 1.807) is 0 Å². The molecule has 0 bridgehead atoms. The summed E-state index contributed by atoms with van der Waals surface area (Å²) in [6.45, 7) is 13.9. The van der Waals surface area contributed by atoms with Gasteiger partial charge >= 0.3 is 0 Å². The highest BCUT2D eigenvalue weighted by molar-refractivity contribution is 5.84. The summed E-state index contributed by atoms with van der Waals surface area (Å²) in [6.07, 6.45) is 4.20. The molecule has 28 heavy (non-hydrogen) atoms. The van der Waals surface area contributed by atoms with Gasteiger partial charge in [0.2, 0.25) is 5.95 Å². The van der Waals surface area contributed by atoms with Crippen molar-refractivity contribution in [3.8, 4) is 0 Å². The number of aromatic nitrogens is 3. The number of anilines is 3. The van der Waals surface area contributed by atoms with Crippen LogP contribution in [0.2, 0.25) is 0 Å². The van der Waals surface area contributed by atoms with E-state index in [1.807, 2.05) is 0 Å². The summed E-state index contributed by atoms with van der Waals surface area (Å²) < 4.78 is 2.32. The van der Waals surface area contributed by atoms with E-state index in [-0.39, 0.29) is 0 Å². The van der Waals surface area contributed by atoms with Crippen molar-refractivity contribution in [2.75, 3.05) is 23.3 Å². The number of hydrogen-bond donors (Lipinski definition) is 1. The SMILES string of the molecule is CCCc1cc(N(CC)CC)nc(Nc2ccc3ccn(CC(C)C)c3c2)n1. The Morgan fingerprint density at radius 1 is 1.04 bits per heavy atom. The Kier molecular flexibility index (Phi) is 6.55. The van der Waals surface area contributed by atoms with Gasteiger partial charge in [0.15, 0.2) is 0 Å². The van der Waals surface area contributed by atoms with Crippen molar-refractivity contribution in [1.82, 2.24) is 14.5 Å². The molecule has 0 atom stereocenters. The number of nitrogens with one attached hydrogen (secondary N) is 1. The van der Waals surface area contributed by atoms with Gasteiger partial charge in [0.25, 0.3) is 0 Å². The van der Waals surface area contributed by atoms with Gasteiger partial charge in [-0.3, -0.25) is 0 Å². The third kappa shape index (κ3) is 4.64. The Bertz CT molecular complexity index is 908. The molecule has 0 aliphatic carbocycles. The molecule has 3 rings (SSSR count). The predicted octanol–water partition coefficient (Wildman–Crippen LogP) is 5.63. The molecule has 0 aliphatic rings. The van der Waals surface area contributed by atoms with Crippen LogP contribution in [0.5, 0.6) is 0 Å². The highest BCUT2D eigenvalue weighted by Gasteiger charge is 2.10. The summed E-state index contributed by atoms with van der Waals surface area (Å²) in [5.74, 6) is 2.28. The second-order valence-electron chi connectivity index (χ2n) is 7.72. The minimum Gasteiger partial charge on any atom is -0.357 e. The highest BCUT2D eigenvalue weighted by Crippen LogP contribution is 2.24. The fraction of sp³-hybridized carbons (Fsp3) is 0.478. The van der Waals surface area contributed by atoms with Gasteiger partial charge in [0, 0.05) is 43.3 Å². The molecule has 2 aromatic heterocycles. The summed E-state index contributed by atoms with van der Waals surface area (Å²) in [4.78, 5) is 11.8. The molecular weight excluding hydrogens is 346 g/mol. The maximum atomic E-state index is 4.79. The van der Waals surface area contributed by atoms with Crippen molar-refractivity contribution >= 4 is 28.4 Å². The van der Waals surface area contributed by atoms with Crippen molar-refractivity contribution in [1.29, 1.82) is 0 Å². The average Bonchev–Trinajstić information content (AvgIpc) is 3.04. The molecule has 0 unspecified atom stereocenters. The van der Waals surface area contributed by atoms with E-state index in [4.69, 9.17) is 9.97 Å². The number of fused-ring (bicyclic) bond motifs is 1. The molecule has 5 nitrogen and oxygen atoms in total. The molecule has 0 saturated carbocycles. The van der Waals surface area contributed by atoms with Crippen LogP contribution in [-0.4, -0.2) is 27.6 Å². The van der Waals surface area contributed by atoms with Crippen molar-refractivity contribution in [2.45, 2.75) is 54.0 Å². The molecule has 0 aliphatic heterocycles.